The Balaban J connectivity index is 1.59. The number of hydrogen-bond acceptors (Lipinski definition) is 1. The number of allylic oxidation sites excluding steroid dienone is 1. The average Bonchev–Trinajstić information content (AvgIpc) is 3.30. The molecule has 0 heterocycles. The number of rotatable bonds is 9. The van der Waals surface area contributed by atoms with Crippen LogP contribution in [0.5, 0.6) is 5.75 Å². The number of aryl methyl sites for hydroxylation is 1. The summed E-state index contributed by atoms with van der Waals surface area (Å²) in [4.78, 5) is 0. The van der Waals surface area contributed by atoms with E-state index in [9.17, 15) is 0 Å². The van der Waals surface area contributed by atoms with Gasteiger partial charge in [0.05, 0.1) is 8.07 Å². The topological polar surface area (TPSA) is 9.23 Å². The van der Waals surface area contributed by atoms with Crippen molar-refractivity contribution in [2.24, 2.45) is 0 Å². The van der Waals surface area contributed by atoms with Crippen molar-refractivity contribution < 1.29 is 4.74 Å². The second-order valence-electron chi connectivity index (χ2n) is 10.5. The van der Waals surface area contributed by atoms with Crippen molar-refractivity contribution in [1.82, 2.24) is 0 Å². The minimum Gasteiger partial charge on any atom is -0.489 e. The standard InChI is InChI=1S/C34H35OPSi/c1-5-23-35-34-26(2)15-14-16-27(34)25-37(3,4)33-24-32(30-21-12-13-22-31(30)33)36(28-17-8-6-9-18-28)29-19-10-7-11-20-29/h5-22,24,33H,1,23,25H2,2-4H3. The number of fused-ring (bicyclic) bond motifs is 1. The lowest BCUT2D eigenvalue weighted by Crippen LogP contribution is -2.36. The molecule has 37 heavy (non-hydrogen) atoms. The molecule has 0 spiro atoms. The summed E-state index contributed by atoms with van der Waals surface area (Å²) in [5.74, 6) is 1.04. The van der Waals surface area contributed by atoms with Gasteiger partial charge in [-0.15, -0.1) is 0 Å². The van der Waals surface area contributed by atoms with Crippen LogP contribution >= 0.6 is 7.92 Å². The Morgan fingerprint density at radius 3 is 2.08 bits per heavy atom. The van der Waals surface area contributed by atoms with Crippen molar-refractivity contribution in [3.8, 4) is 5.75 Å². The second-order valence-corrected chi connectivity index (χ2v) is 17.6. The molecule has 186 valence electrons. The summed E-state index contributed by atoms with van der Waals surface area (Å²) in [5.41, 5.74) is 5.90. The molecule has 0 fully saturated rings. The first kappa shape index (κ1) is 25.5. The van der Waals surface area contributed by atoms with Gasteiger partial charge in [-0.25, -0.2) is 0 Å². The summed E-state index contributed by atoms with van der Waals surface area (Å²) in [5, 5.41) is 4.31. The Bertz CT molecular complexity index is 1370. The molecular weight excluding hydrogens is 483 g/mol. The van der Waals surface area contributed by atoms with Crippen LogP contribution in [0.25, 0.3) is 5.31 Å². The Morgan fingerprint density at radius 2 is 1.43 bits per heavy atom. The van der Waals surface area contributed by atoms with E-state index in [1.165, 1.54) is 38.2 Å². The normalized spacial score (nSPS) is 14.8. The largest absolute Gasteiger partial charge is 0.489 e. The van der Waals surface area contributed by atoms with Crippen LogP contribution < -0.4 is 15.3 Å². The summed E-state index contributed by atoms with van der Waals surface area (Å²) >= 11 is 0. The molecule has 1 unspecified atom stereocenters. The minimum atomic E-state index is -1.82. The Morgan fingerprint density at radius 1 is 0.811 bits per heavy atom. The molecule has 0 saturated carbocycles. The van der Waals surface area contributed by atoms with Gasteiger partial charge in [0.2, 0.25) is 0 Å². The minimum absolute atomic E-state index is 0.448. The summed E-state index contributed by atoms with van der Waals surface area (Å²) < 4.78 is 6.16. The summed E-state index contributed by atoms with van der Waals surface area (Å²) in [6, 6.07) is 38.9. The first-order valence-corrected chi connectivity index (χ1v) is 17.7. The Kier molecular flexibility index (Phi) is 7.60. The van der Waals surface area contributed by atoms with Gasteiger partial charge in [-0.2, -0.15) is 0 Å². The molecule has 4 aromatic rings. The number of hydrogen-bond donors (Lipinski definition) is 0. The smallest absolute Gasteiger partial charge is 0.125 e. The van der Waals surface area contributed by atoms with Crippen molar-refractivity contribution in [2.75, 3.05) is 6.61 Å². The zero-order chi connectivity index (χ0) is 25.8. The maximum absolute atomic E-state index is 6.16. The van der Waals surface area contributed by atoms with Gasteiger partial charge >= 0.3 is 0 Å². The predicted octanol–water partition coefficient (Wildman–Crippen LogP) is 8.16. The fourth-order valence-corrected chi connectivity index (χ4v) is 11.4. The van der Waals surface area contributed by atoms with Gasteiger partial charge in [0.1, 0.15) is 12.4 Å². The number of ether oxygens (including phenoxy) is 1. The first-order valence-electron chi connectivity index (χ1n) is 13.0. The molecule has 4 aromatic carbocycles. The van der Waals surface area contributed by atoms with Crippen molar-refractivity contribution in [1.29, 1.82) is 0 Å². The van der Waals surface area contributed by atoms with Gasteiger partial charge in [0.15, 0.2) is 0 Å². The maximum atomic E-state index is 6.16. The van der Waals surface area contributed by atoms with Crippen LogP contribution in [0.4, 0.5) is 0 Å². The van der Waals surface area contributed by atoms with Crippen LogP contribution in [0, 0.1) is 6.92 Å². The lowest BCUT2D eigenvalue weighted by Gasteiger charge is -2.30. The SMILES string of the molecule is C=CCOc1c(C)cccc1C[Si](C)(C)C1C=C(P(c2ccccc2)c2ccccc2)c2ccccc21. The number of para-hydroxylation sites is 1. The highest BCUT2D eigenvalue weighted by Crippen LogP contribution is 2.56. The molecule has 0 radical (unpaired) electrons. The molecular formula is C34H35OPSi. The lowest BCUT2D eigenvalue weighted by atomic mass is 10.1. The van der Waals surface area contributed by atoms with Crippen LogP contribution in [0.15, 0.2) is 122 Å². The van der Waals surface area contributed by atoms with Crippen LogP contribution in [0.1, 0.15) is 27.8 Å². The molecule has 0 amide bonds. The van der Waals surface area contributed by atoms with E-state index in [0.29, 0.717) is 12.1 Å². The van der Waals surface area contributed by atoms with Crippen molar-refractivity contribution in [3.63, 3.8) is 0 Å². The van der Waals surface area contributed by atoms with Gasteiger partial charge in [-0.3, -0.25) is 0 Å². The zero-order valence-electron chi connectivity index (χ0n) is 22.0. The summed E-state index contributed by atoms with van der Waals surface area (Å²) in [6.45, 7) is 11.6. The third kappa shape index (κ3) is 5.28. The van der Waals surface area contributed by atoms with E-state index in [1.807, 2.05) is 6.08 Å². The van der Waals surface area contributed by atoms with E-state index in [1.54, 1.807) is 0 Å². The van der Waals surface area contributed by atoms with Gasteiger partial charge in [0.25, 0.3) is 0 Å². The summed E-state index contributed by atoms with van der Waals surface area (Å²) in [7, 11) is -2.46. The van der Waals surface area contributed by atoms with E-state index in [4.69, 9.17) is 4.74 Å². The van der Waals surface area contributed by atoms with Crippen LogP contribution in [-0.4, -0.2) is 14.7 Å². The fraction of sp³-hybridized carbons (Fsp3) is 0.176. The molecule has 0 saturated heterocycles. The Labute approximate surface area is 224 Å². The van der Waals surface area contributed by atoms with Gasteiger partial charge in [-0.1, -0.05) is 135 Å². The molecule has 0 aliphatic heterocycles. The van der Waals surface area contributed by atoms with Crippen LogP contribution in [0.3, 0.4) is 0 Å². The van der Waals surface area contributed by atoms with Gasteiger partial charge in [0, 0.05) is 0 Å². The van der Waals surface area contributed by atoms with Crippen LogP contribution in [0.2, 0.25) is 13.1 Å². The summed E-state index contributed by atoms with van der Waals surface area (Å²) in [6.07, 6.45) is 4.47. The fourth-order valence-electron chi connectivity index (χ4n) is 5.56. The molecule has 5 rings (SSSR count). The molecule has 1 aliphatic carbocycles. The zero-order valence-corrected chi connectivity index (χ0v) is 23.9. The van der Waals surface area contributed by atoms with Crippen molar-refractivity contribution >= 4 is 31.9 Å². The second kappa shape index (κ2) is 11.0. The number of benzene rings is 4. The molecule has 3 heteroatoms. The highest BCUT2D eigenvalue weighted by atomic mass is 31.1. The monoisotopic (exact) mass is 518 g/mol. The van der Waals surface area contributed by atoms with E-state index in [-0.39, 0.29) is 0 Å². The molecule has 0 bridgehead atoms. The van der Waals surface area contributed by atoms with Crippen molar-refractivity contribution in [3.05, 3.63) is 144 Å². The van der Waals surface area contributed by atoms with E-state index in [0.717, 1.165) is 11.8 Å². The maximum Gasteiger partial charge on any atom is 0.125 e. The van der Waals surface area contributed by atoms with Gasteiger partial charge < -0.3 is 4.74 Å². The highest BCUT2D eigenvalue weighted by Gasteiger charge is 2.39. The first-order chi connectivity index (χ1) is 18.0. The van der Waals surface area contributed by atoms with Gasteiger partial charge in [-0.05, 0) is 64.6 Å². The van der Waals surface area contributed by atoms with E-state index < -0.39 is 16.0 Å². The molecule has 0 aromatic heterocycles. The molecule has 1 aliphatic rings. The van der Waals surface area contributed by atoms with E-state index in [2.05, 4.69) is 136 Å². The molecule has 1 nitrogen and oxygen atoms in total. The third-order valence-electron chi connectivity index (χ3n) is 7.29. The van der Waals surface area contributed by atoms with E-state index >= 15 is 0 Å². The predicted molar refractivity (Wildman–Crippen MR) is 164 cm³/mol. The van der Waals surface area contributed by atoms with Crippen molar-refractivity contribution in [2.45, 2.75) is 31.6 Å². The third-order valence-corrected chi connectivity index (χ3v) is 13.2. The van der Waals surface area contributed by atoms with Crippen LogP contribution in [-0.2, 0) is 6.04 Å². The molecule has 1 atom stereocenters. The Hall–Kier alpha value is -3.19. The lowest BCUT2D eigenvalue weighted by molar-refractivity contribution is 0.357. The quantitative estimate of drug-likeness (QED) is 0.123. The molecule has 0 N–H and O–H groups in total. The highest BCUT2D eigenvalue weighted by molar-refractivity contribution is 7.82. The average molecular weight is 519 g/mol.